The van der Waals surface area contributed by atoms with Crippen LogP contribution in [0.1, 0.15) is 25.3 Å². The van der Waals surface area contributed by atoms with Crippen molar-refractivity contribution < 1.29 is 4.79 Å². The summed E-state index contributed by atoms with van der Waals surface area (Å²) in [5.41, 5.74) is 5.70. The minimum absolute atomic E-state index is 0.152. The Balaban J connectivity index is 2.80. The third-order valence-corrected chi connectivity index (χ3v) is 2.33. The number of unbranched alkanes of at least 4 members (excludes halogenated alkanes) is 1. The Labute approximate surface area is 101 Å². The van der Waals surface area contributed by atoms with Crippen LogP contribution in [0.25, 0.3) is 0 Å². The van der Waals surface area contributed by atoms with E-state index in [0.717, 1.165) is 19.4 Å². The fraction of sp³-hybridized carbons (Fsp3) is 0.417. The number of aromatic nitrogens is 1. The van der Waals surface area contributed by atoms with E-state index in [4.69, 9.17) is 11.0 Å². The number of nitriles is 1. The minimum atomic E-state index is -0.382. The van der Waals surface area contributed by atoms with Crippen LogP contribution in [-0.2, 0) is 4.79 Å². The number of hydrogen-bond donors (Lipinski definition) is 1. The number of anilines is 1. The van der Waals surface area contributed by atoms with Crippen molar-refractivity contribution in [2.75, 3.05) is 18.0 Å². The van der Waals surface area contributed by atoms with Gasteiger partial charge in [0, 0.05) is 12.7 Å². The van der Waals surface area contributed by atoms with Gasteiger partial charge < -0.3 is 10.6 Å². The zero-order valence-electron chi connectivity index (χ0n) is 9.89. The lowest BCUT2D eigenvalue weighted by molar-refractivity contribution is -0.116. The number of carbonyl (C=O) groups excluding carboxylic acids is 1. The van der Waals surface area contributed by atoms with Gasteiger partial charge in [-0.1, -0.05) is 13.3 Å². The molecule has 1 rings (SSSR count). The molecule has 2 N–H and O–H groups in total. The normalized spacial score (nSPS) is 9.65. The van der Waals surface area contributed by atoms with Gasteiger partial charge in [-0.2, -0.15) is 5.26 Å². The Bertz CT molecular complexity index is 408. The van der Waals surface area contributed by atoms with Gasteiger partial charge >= 0.3 is 0 Å². The first kappa shape index (κ1) is 13.0. The maximum absolute atomic E-state index is 11.0. The van der Waals surface area contributed by atoms with Crippen molar-refractivity contribution in [3.05, 3.63) is 23.9 Å². The monoisotopic (exact) mass is 232 g/mol. The van der Waals surface area contributed by atoms with Crippen LogP contribution in [0.4, 0.5) is 5.82 Å². The maximum atomic E-state index is 11.0. The first-order valence-electron chi connectivity index (χ1n) is 5.56. The number of rotatable bonds is 6. The predicted octanol–water partition coefficient (Wildman–Crippen LogP) is 1.05. The Hall–Kier alpha value is -2.09. The zero-order chi connectivity index (χ0) is 12.7. The summed E-state index contributed by atoms with van der Waals surface area (Å²) < 4.78 is 0. The number of carbonyl (C=O) groups is 1. The molecule has 0 atom stereocenters. The topological polar surface area (TPSA) is 83.0 Å². The smallest absolute Gasteiger partial charge is 0.236 e. The molecule has 0 fully saturated rings. The van der Waals surface area contributed by atoms with Crippen LogP contribution in [0.15, 0.2) is 18.3 Å². The second-order valence-corrected chi connectivity index (χ2v) is 3.76. The average Bonchev–Trinajstić information content (AvgIpc) is 2.34. The van der Waals surface area contributed by atoms with E-state index in [1.54, 1.807) is 12.1 Å². The van der Waals surface area contributed by atoms with E-state index in [9.17, 15) is 4.79 Å². The van der Waals surface area contributed by atoms with Crippen molar-refractivity contribution in [1.29, 1.82) is 5.26 Å². The van der Waals surface area contributed by atoms with Crippen LogP contribution in [0.5, 0.6) is 0 Å². The van der Waals surface area contributed by atoms with Crippen LogP contribution in [0, 0.1) is 11.3 Å². The number of pyridine rings is 1. The highest BCUT2D eigenvalue weighted by Gasteiger charge is 2.10. The van der Waals surface area contributed by atoms with Crippen LogP contribution in [-0.4, -0.2) is 24.0 Å². The van der Waals surface area contributed by atoms with Gasteiger partial charge in [0.25, 0.3) is 0 Å². The molecule has 1 aromatic heterocycles. The Morgan fingerprint density at radius 2 is 2.35 bits per heavy atom. The van der Waals surface area contributed by atoms with Crippen molar-refractivity contribution in [3.63, 3.8) is 0 Å². The molecule has 0 aliphatic rings. The molecule has 1 aromatic rings. The molecule has 0 radical (unpaired) electrons. The summed E-state index contributed by atoms with van der Waals surface area (Å²) in [4.78, 5) is 16.9. The summed E-state index contributed by atoms with van der Waals surface area (Å²) in [5, 5.41) is 8.68. The van der Waals surface area contributed by atoms with Crippen molar-refractivity contribution in [2.45, 2.75) is 19.8 Å². The Morgan fingerprint density at radius 3 is 2.82 bits per heavy atom. The summed E-state index contributed by atoms with van der Waals surface area (Å²) in [5.74, 6) is 0.295. The third-order valence-electron chi connectivity index (χ3n) is 2.33. The predicted molar refractivity (Wildman–Crippen MR) is 65.3 cm³/mol. The van der Waals surface area contributed by atoms with Gasteiger partial charge in [0.05, 0.1) is 12.1 Å². The van der Waals surface area contributed by atoms with E-state index in [0.29, 0.717) is 11.4 Å². The molecule has 0 unspecified atom stereocenters. The molecular formula is C12H16N4O. The molecule has 5 heteroatoms. The number of amides is 1. The fourth-order valence-corrected chi connectivity index (χ4v) is 1.45. The highest BCUT2D eigenvalue weighted by molar-refractivity contribution is 5.79. The Morgan fingerprint density at radius 1 is 1.59 bits per heavy atom. The highest BCUT2D eigenvalue weighted by atomic mass is 16.1. The van der Waals surface area contributed by atoms with Gasteiger partial charge in [0.2, 0.25) is 5.91 Å². The lowest BCUT2D eigenvalue weighted by Gasteiger charge is -2.21. The second kappa shape index (κ2) is 6.48. The van der Waals surface area contributed by atoms with Crippen LogP contribution in [0.3, 0.4) is 0 Å². The molecule has 1 amide bonds. The third kappa shape index (κ3) is 4.11. The maximum Gasteiger partial charge on any atom is 0.236 e. The lowest BCUT2D eigenvalue weighted by Crippen LogP contribution is -2.35. The Kier molecular flexibility index (Phi) is 4.95. The molecule has 0 spiro atoms. The van der Waals surface area contributed by atoms with Crippen molar-refractivity contribution in [3.8, 4) is 6.07 Å². The standard InChI is InChI=1S/C12H16N4O/c1-2-3-6-16(9-11(14)17)12-5-4-10(7-13)8-15-12/h4-5,8H,2-3,6,9H2,1H3,(H2,14,17). The molecule has 0 aromatic carbocycles. The molecule has 0 aliphatic heterocycles. The van der Waals surface area contributed by atoms with E-state index in [1.807, 2.05) is 11.0 Å². The SMILES string of the molecule is CCCCN(CC(N)=O)c1ccc(C#N)cn1. The van der Waals surface area contributed by atoms with E-state index in [-0.39, 0.29) is 12.5 Å². The average molecular weight is 232 g/mol. The van der Waals surface area contributed by atoms with Crippen molar-refractivity contribution >= 4 is 11.7 Å². The highest BCUT2D eigenvalue weighted by Crippen LogP contribution is 2.11. The molecule has 0 saturated heterocycles. The summed E-state index contributed by atoms with van der Waals surface area (Å²) >= 11 is 0. The van der Waals surface area contributed by atoms with Gasteiger partial charge in [-0.25, -0.2) is 4.98 Å². The first-order chi connectivity index (χ1) is 8.17. The van der Waals surface area contributed by atoms with E-state index >= 15 is 0 Å². The molecule has 1 heterocycles. The molecular weight excluding hydrogens is 216 g/mol. The lowest BCUT2D eigenvalue weighted by atomic mass is 10.2. The number of primary amides is 1. The summed E-state index contributed by atoms with van der Waals surface area (Å²) in [6.45, 7) is 2.96. The number of nitrogens with two attached hydrogens (primary N) is 1. The van der Waals surface area contributed by atoms with E-state index < -0.39 is 0 Å². The molecule has 17 heavy (non-hydrogen) atoms. The van der Waals surface area contributed by atoms with Gasteiger partial charge in [0.1, 0.15) is 11.9 Å². The molecule has 0 bridgehead atoms. The van der Waals surface area contributed by atoms with Gasteiger partial charge in [-0.15, -0.1) is 0 Å². The van der Waals surface area contributed by atoms with Gasteiger partial charge in [-0.3, -0.25) is 4.79 Å². The largest absolute Gasteiger partial charge is 0.368 e. The van der Waals surface area contributed by atoms with Crippen molar-refractivity contribution in [2.24, 2.45) is 5.73 Å². The first-order valence-corrected chi connectivity index (χ1v) is 5.56. The number of hydrogen-bond acceptors (Lipinski definition) is 4. The molecule has 90 valence electrons. The quantitative estimate of drug-likeness (QED) is 0.794. The summed E-state index contributed by atoms with van der Waals surface area (Å²) in [6, 6.07) is 5.42. The summed E-state index contributed by atoms with van der Waals surface area (Å²) in [6.07, 6.45) is 3.50. The van der Waals surface area contributed by atoms with Crippen molar-refractivity contribution in [1.82, 2.24) is 4.98 Å². The molecule has 0 aliphatic carbocycles. The van der Waals surface area contributed by atoms with E-state index in [1.165, 1.54) is 6.20 Å². The molecule has 0 saturated carbocycles. The zero-order valence-corrected chi connectivity index (χ0v) is 9.89. The summed E-state index contributed by atoms with van der Waals surface area (Å²) in [7, 11) is 0. The van der Waals surface area contributed by atoms with Gasteiger partial charge in [0.15, 0.2) is 0 Å². The van der Waals surface area contributed by atoms with Crippen LogP contribution < -0.4 is 10.6 Å². The van der Waals surface area contributed by atoms with E-state index in [2.05, 4.69) is 11.9 Å². The number of nitrogens with zero attached hydrogens (tertiary/aromatic N) is 3. The minimum Gasteiger partial charge on any atom is -0.368 e. The van der Waals surface area contributed by atoms with Crippen LogP contribution >= 0.6 is 0 Å². The molecule has 5 nitrogen and oxygen atoms in total. The fourth-order valence-electron chi connectivity index (χ4n) is 1.45. The van der Waals surface area contributed by atoms with Crippen LogP contribution in [0.2, 0.25) is 0 Å². The van der Waals surface area contributed by atoms with Gasteiger partial charge in [-0.05, 0) is 18.6 Å². The second-order valence-electron chi connectivity index (χ2n) is 3.76.